The van der Waals surface area contributed by atoms with Crippen LogP contribution in [0.1, 0.15) is 18.2 Å². The molecule has 0 saturated carbocycles. The third-order valence-corrected chi connectivity index (χ3v) is 3.67. The molecule has 0 saturated heterocycles. The largest absolute Gasteiger partial charge is 0.490 e. The van der Waals surface area contributed by atoms with Crippen LogP contribution in [0.4, 0.5) is 0 Å². The Labute approximate surface area is 132 Å². The molecule has 0 atom stereocenters. The van der Waals surface area contributed by atoms with E-state index in [1.165, 1.54) is 0 Å². The van der Waals surface area contributed by atoms with Gasteiger partial charge in [-0.3, -0.25) is 4.68 Å². The number of rotatable bonds is 7. The lowest BCUT2D eigenvalue weighted by Crippen LogP contribution is -2.07. The minimum Gasteiger partial charge on any atom is -0.490 e. The molecule has 1 N–H and O–H groups in total. The van der Waals surface area contributed by atoms with Crippen LogP contribution >= 0.6 is 15.9 Å². The molecule has 0 aliphatic heterocycles. The summed E-state index contributed by atoms with van der Waals surface area (Å²) < 4.78 is 14.1. The number of aliphatic hydroxyl groups excluding tert-OH is 1. The molecule has 0 aliphatic rings. The Kier molecular flexibility index (Phi) is 5.64. The smallest absolute Gasteiger partial charge is 0.175 e. The average Bonchev–Trinajstić information content (AvgIpc) is 2.87. The molecular weight excluding hydrogens is 336 g/mol. The van der Waals surface area contributed by atoms with Crippen LogP contribution in [0.25, 0.3) is 0 Å². The molecule has 0 spiro atoms. The molecule has 21 heavy (non-hydrogen) atoms. The number of benzene rings is 1. The monoisotopic (exact) mass is 354 g/mol. The minimum atomic E-state index is -0.0338. The highest BCUT2D eigenvalue weighted by Gasteiger charge is 2.12. The lowest BCUT2D eigenvalue weighted by molar-refractivity contribution is 0.268. The van der Waals surface area contributed by atoms with Crippen molar-refractivity contribution in [3.05, 3.63) is 40.1 Å². The van der Waals surface area contributed by atoms with Gasteiger partial charge in [-0.15, -0.1) is 0 Å². The molecule has 5 nitrogen and oxygen atoms in total. The van der Waals surface area contributed by atoms with Crippen molar-refractivity contribution in [3.63, 3.8) is 0 Å². The van der Waals surface area contributed by atoms with Crippen molar-refractivity contribution in [2.75, 3.05) is 13.2 Å². The van der Waals surface area contributed by atoms with Crippen molar-refractivity contribution in [1.29, 1.82) is 0 Å². The van der Waals surface area contributed by atoms with E-state index in [0.29, 0.717) is 24.7 Å². The molecule has 0 amide bonds. The fourth-order valence-electron chi connectivity index (χ4n) is 2.02. The zero-order valence-corrected chi connectivity index (χ0v) is 13.8. The topological polar surface area (TPSA) is 56.5 Å². The van der Waals surface area contributed by atoms with Gasteiger partial charge in [0.25, 0.3) is 0 Å². The number of halogens is 1. The van der Waals surface area contributed by atoms with Gasteiger partial charge in [0, 0.05) is 25.4 Å². The van der Waals surface area contributed by atoms with E-state index in [9.17, 15) is 5.11 Å². The minimum absolute atomic E-state index is 0.0338. The van der Waals surface area contributed by atoms with Crippen LogP contribution in [0.2, 0.25) is 0 Å². The van der Waals surface area contributed by atoms with Crippen LogP contribution in [0.5, 0.6) is 11.5 Å². The molecule has 0 radical (unpaired) electrons. The van der Waals surface area contributed by atoms with Crippen LogP contribution in [-0.4, -0.2) is 28.1 Å². The summed E-state index contributed by atoms with van der Waals surface area (Å²) in [5, 5.41) is 13.4. The van der Waals surface area contributed by atoms with Gasteiger partial charge in [0.1, 0.15) is 0 Å². The van der Waals surface area contributed by atoms with E-state index >= 15 is 0 Å². The van der Waals surface area contributed by atoms with Gasteiger partial charge in [0.2, 0.25) is 0 Å². The first-order valence-corrected chi connectivity index (χ1v) is 7.60. The molecule has 0 unspecified atom stereocenters. The van der Waals surface area contributed by atoms with Gasteiger partial charge < -0.3 is 14.6 Å². The first-order chi connectivity index (χ1) is 10.2. The van der Waals surface area contributed by atoms with Crippen LogP contribution < -0.4 is 9.47 Å². The predicted octanol–water partition coefficient (Wildman–Crippen LogP) is 2.70. The lowest BCUT2D eigenvalue weighted by atomic mass is 10.2. The highest BCUT2D eigenvalue weighted by molar-refractivity contribution is 9.10. The van der Waals surface area contributed by atoms with Crippen LogP contribution in [0.3, 0.4) is 0 Å². The quantitative estimate of drug-likeness (QED) is 0.830. The maximum atomic E-state index is 9.25. The first-order valence-electron chi connectivity index (χ1n) is 6.81. The Balaban J connectivity index is 2.09. The predicted molar refractivity (Wildman–Crippen MR) is 83.6 cm³/mol. The molecule has 6 heteroatoms. The van der Waals surface area contributed by atoms with E-state index in [2.05, 4.69) is 21.0 Å². The second-order valence-corrected chi connectivity index (χ2v) is 5.39. The summed E-state index contributed by atoms with van der Waals surface area (Å²) in [6, 6.07) is 5.60. The fourth-order valence-corrected chi connectivity index (χ4v) is 2.62. The summed E-state index contributed by atoms with van der Waals surface area (Å²) in [5.74, 6) is 1.30. The summed E-state index contributed by atoms with van der Waals surface area (Å²) in [6.07, 6.45) is 2.53. The number of aryl methyl sites for hydroxylation is 1. The van der Waals surface area contributed by atoms with Gasteiger partial charge in [-0.1, -0.05) is 0 Å². The molecule has 0 bridgehead atoms. The SMILES string of the molecule is CCOc1cc(CO)cc(Br)c1OCCc1ccnn1C. The maximum Gasteiger partial charge on any atom is 0.175 e. The van der Waals surface area contributed by atoms with Gasteiger partial charge in [0.15, 0.2) is 11.5 Å². The Morgan fingerprint density at radius 3 is 2.76 bits per heavy atom. The summed E-state index contributed by atoms with van der Waals surface area (Å²) in [5.41, 5.74) is 1.89. The van der Waals surface area contributed by atoms with Gasteiger partial charge >= 0.3 is 0 Å². The fraction of sp³-hybridized carbons (Fsp3) is 0.400. The highest BCUT2D eigenvalue weighted by atomic mass is 79.9. The third-order valence-electron chi connectivity index (χ3n) is 3.08. The van der Waals surface area contributed by atoms with E-state index in [-0.39, 0.29) is 6.61 Å². The molecule has 1 aromatic heterocycles. The van der Waals surface area contributed by atoms with Crippen molar-refractivity contribution in [2.45, 2.75) is 20.0 Å². The molecule has 0 aliphatic carbocycles. The second kappa shape index (κ2) is 7.47. The zero-order chi connectivity index (χ0) is 15.2. The molecule has 2 rings (SSSR count). The number of aliphatic hydroxyl groups is 1. The van der Waals surface area contributed by atoms with Crippen molar-refractivity contribution in [3.8, 4) is 11.5 Å². The van der Waals surface area contributed by atoms with E-state index < -0.39 is 0 Å². The summed E-state index contributed by atoms with van der Waals surface area (Å²) in [6.45, 7) is 2.95. The van der Waals surface area contributed by atoms with Gasteiger partial charge in [-0.05, 0) is 46.6 Å². The van der Waals surface area contributed by atoms with Crippen LogP contribution in [0.15, 0.2) is 28.9 Å². The van der Waals surface area contributed by atoms with Crippen molar-refractivity contribution in [1.82, 2.24) is 9.78 Å². The zero-order valence-electron chi connectivity index (χ0n) is 12.2. The first kappa shape index (κ1) is 15.9. The average molecular weight is 355 g/mol. The molecule has 1 heterocycles. The standard InChI is InChI=1S/C15H19BrN2O3/c1-3-20-14-9-11(10-19)8-13(16)15(14)21-7-5-12-4-6-17-18(12)2/h4,6,8-9,19H,3,5,7,10H2,1-2H3. The Morgan fingerprint density at radius 1 is 1.33 bits per heavy atom. The number of hydrogen-bond donors (Lipinski definition) is 1. The Bertz CT molecular complexity index is 599. The molecule has 114 valence electrons. The van der Waals surface area contributed by atoms with E-state index in [4.69, 9.17) is 9.47 Å². The Morgan fingerprint density at radius 2 is 2.14 bits per heavy atom. The molecule has 0 fully saturated rings. The lowest BCUT2D eigenvalue weighted by Gasteiger charge is -2.15. The van der Waals surface area contributed by atoms with Gasteiger partial charge in [0.05, 0.1) is 24.3 Å². The summed E-state index contributed by atoms with van der Waals surface area (Å²) in [7, 11) is 1.91. The van der Waals surface area contributed by atoms with E-state index in [1.807, 2.05) is 30.8 Å². The second-order valence-electron chi connectivity index (χ2n) is 4.54. The normalized spacial score (nSPS) is 10.7. The van der Waals surface area contributed by atoms with E-state index in [0.717, 1.165) is 22.2 Å². The molecule has 1 aromatic carbocycles. The number of nitrogens with zero attached hydrogens (tertiary/aromatic N) is 2. The van der Waals surface area contributed by atoms with Gasteiger partial charge in [-0.25, -0.2) is 0 Å². The number of hydrogen-bond acceptors (Lipinski definition) is 4. The molecular formula is C15H19BrN2O3. The number of ether oxygens (including phenoxy) is 2. The van der Waals surface area contributed by atoms with Crippen molar-refractivity contribution in [2.24, 2.45) is 7.05 Å². The Hall–Kier alpha value is -1.53. The van der Waals surface area contributed by atoms with Crippen LogP contribution in [0, 0.1) is 0 Å². The summed E-state index contributed by atoms with van der Waals surface area (Å²) >= 11 is 3.47. The van der Waals surface area contributed by atoms with E-state index in [1.54, 1.807) is 12.3 Å². The maximum absolute atomic E-state index is 9.25. The summed E-state index contributed by atoms with van der Waals surface area (Å²) in [4.78, 5) is 0. The molecule has 2 aromatic rings. The van der Waals surface area contributed by atoms with Crippen molar-refractivity contribution < 1.29 is 14.6 Å². The van der Waals surface area contributed by atoms with Crippen LogP contribution in [-0.2, 0) is 20.1 Å². The highest BCUT2D eigenvalue weighted by Crippen LogP contribution is 2.37. The van der Waals surface area contributed by atoms with Crippen molar-refractivity contribution >= 4 is 15.9 Å². The number of aromatic nitrogens is 2. The third kappa shape index (κ3) is 3.98. The van der Waals surface area contributed by atoms with Gasteiger partial charge in [-0.2, -0.15) is 5.10 Å².